The van der Waals surface area contributed by atoms with E-state index in [0.717, 1.165) is 0 Å². The van der Waals surface area contributed by atoms with Gasteiger partial charge in [-0.05, 0) is 12.5 Å². The van der Waals surface area contributed by atoms with Crippen molar-refractivity contribution in [3.8, 4) is 11.5 Å². The number of benzene rings is 1. The number of carbonyl (C=O) groups excluding carboxylic acids is 1. The Morgan fingerprint density at radius 3 is 2.51 bits per heavy atom. The van der Waals surface area contributed by atoms with Crippen molar-refractivity contribution in [2.24, 2.45) is 0 Å². The number of aliphatic hydroxyl groups is 2. The van der Waals surface area contributed by atoms with Crippen LogP contribution >= 0.6 is 15.2 Å². The van der Waals surface area contributed by atoms with Crippen LogP contribution < -0.4 is 10.5 Å². The number of methoxy groups -OCH3 is 1. The first-order chi connectivity index (χ1) is 22.0. The van der Waals surface area contributed by atoms with Gasteiger partial charge in [0, 0.05) is 24.0 Å². The summed E-state index contributed by atoms with van der Waals surface area (Å²) in [6.45, 7) is 0.916. The van der Waals surface area contributed by atoms with Crippen molar-refractivity contribution >= 4 is 38.1 Å². The number of aromatic nitrogens is 4. The Morgan fingerprint density at radius 2 is 1.85 bits per heavy atom. The van der Waals surface area contributed by atoms with E-state index in [2.05, 4.69) is 24.0 Å². The molecule has 3 aromatic rings. The highest BCUT2D eigenvalue weighted by atomic mass is 31.2. The molecule has 22 heteroatoms. The number of fused-ring (bicyclic) bond motifs is 2. The fourth-order valence-electron chi connectivity index (χ4n) is 5.26. The van der Waals surface area contributed by atoms with Crippen molar-refractivity contribution in [2.75, 3.05) is 26.1 Å². The predicted octanol–water partition coefficient (Wildman–Crippen LogP) is 1.48. The molecular weight excluding hydrogens is 678 g/mol. The van der Waals surface area contributed by atoms with Gasteiger partial charge in [0.2, 0.25) is 0 Å². The van der Waals surface area contributed by atoms with Crippen LogP contribution in [0.3, 0.4) is 0 Å². The Balaban J connectivity index is 1.27. The minimum Gasteiger partial charge on any atom is -0.507 e. The monoisotopic (exact) mass is 709 g/mol. The third-order valence-corrected chi connectivity index (χ3v) is 11.7. The van der Waals surface area contributed by atoms with Crippen LogP contribution in [-0.4, -0.2) is 94.6 Å². The molecule has 47 heavy (non-hydrogen) atoms. The van der Waals surface area contributed by atoms with E-state index in [4.69, 9.17) is 19.9 Å². The number of rotatable bonds is 12. The third kappa shape index (κ3) is 5.87. The average molecular weight is 709 g/mol. The minimum atomic E-state index is -6.35. The summed E-state index contributed by atoms with van der Waals surface area (Å²) in [5.41, 5.74) is 6.58. The smallest absolute Gasteiger partial charge is 0.443 e. The topological polar surface area (TPSA) is 268 Å². The molecule has 1 fully saturated rings. The summed E-state index contributed by atoms with van der Waals surface area (Å²) < 4.78 is 81.2. The van der Waals surface area contributed by atoms with Crippen molar-refractivity contribution in [2.45, 2.75) is 63.2 Å². The minimum absolute atomic E-state index is 0.0284. The largest absolute Gasteiger partial charge is 0.507 e. The molecule has 2 aliphatic rings. The maximum atomic E-state index is 15.1. The molecule has 0 saturated carbocycles. The highest BCUT2D eigenvalue weighted by Gasteiger charge is 2.66. The number of anilines is 1. The molecule has 0 radical (unpaired) electrons. The number of nitrogen functional groups attached to an aromatic ring is 1. The quantitative estimate of drug-likeness (QED) is 0.115. The second kappa shape index (κ2) is 12.6. The molecule has 2 aliphatic heterocycles. The van der Waals surface area contributed by atoms with E-state index in [9.17, 15) is 39.0 Å². The first kappa shape index (κ1) is 35.0. The number of aliphatic hydroxyl groups excluding tert-OH is 2. The molecule has 5 rings (SSSR count). The van der Waals surface area contributed by atoms with E-state index in [1.54, 1.807) is 13.8 Å². The second-order valence-corrected chi connectivity index (χ2v) is 14.7. The number of nitrogens with two attached hydrogens (primary N) is 1. The molecule has 18 nitrogen and oxygen atoms in total. The van der Waals surface area contributed by atoms with Crippen LogP contribution in [-0.2, 0) is 47.1 Å². The van der Waals surface area contributed by atoms with Gasteiger partial charge in [-0.25, -0.2) is 19.7 Å². The van der Waals surface area contributed by atoms with E-state index in [1.807, 2.05) is 0 Å². The number of cyclic esters (lactones) is 1. The maximum Gasteiger partial charge on any atom is 0.443 e. The first-order valence-electron chi connectivity index (χ1n) is 13.9. The lowest BCUT2D eigenvalue weighted by atomic mass is 9.95. The average Bonchev–Trinajstić information content (AvgIpc) is 3.70. The number of nitrogens with zero attached hydrogens (tertiary/aromatic N) is 4. The highest BCUT2D eigenvalue weighted by Crippen LogP contribution is 2.75. The highest BCUT2D eigenvalue weighted by molar-refractivity contribution is 7.72. The molecular formula is C25H31F2N5O13P2. The lowest BCUT2D eigenvalue weighted by Gasteiger charge is -2.26. The van der Waals surface area contributed by atoms with Gasteiger partial charge in [0.1, 0.15) is 53.3 Å². The van der Waals surface area contributed by atoms with Crippen LogP contribution in [0.15, 0.2) is 6.33 Å². The Labute approximate surface area is 264 Å². The second-order valence-electron chi connectivity index (χ2n) is 10.6. The predicted molar refractivity (Wildman–Crippen MR) is 154 cm³/mol. The Morgan fingerprint density at radius 1 is 1.17 bits per heavy atom. The number of esters is 1. The summed E-state index contributed by atoms with van der Waals surface area (Å²) in [6.07, 6.45) is -5.67. The lowest BCUT2D eigenvalue weighted by molar-refractivity contribution is -0.0508. The van der Waals surface area contributed by atoms with Gasteiger partial charge in [-0.3, -0.25) is 13.7 Å². The fraction of sp³-hybridized carbons (Fsp3) is 0.520. The summed E-state index contributed by atoms with van der Waals surface area (Å²) in [5.74, 6) is -1.06. The van der Waals surface area contributed by atoms with E-state index in [1.165, 1.54) is 18.0 Å². The third-order valence-electron chi connectivity index (χ3n) is 7.78. The zero-order valence-corrected chi connectivity index (χ0v) is 26.7. The fourth-order valence-corrected chi connectivity index (χ4v) is 7.88. The molecule has 1 aromatic carbocycles. The lowest BCUT2D eigenvalue weighted by Crippen LogP contribution is -2.34. The molecule has 4 heterocycles. The van der Waals surface area contributed by atoms with Crippen molar-refractivity contribution in [3.05, 3.63) is 34.4 Å². The number of aromatic hydroxyl groups is 1. The molecule has 2 unspecified atom stereocenters. The molecule has 1 saturated heterocycles. The van der Waals surface area contributed by atoms with Gasteiger partial charge in [0.25, 0.3) is 0 Å². The molecule has 7 N–H and O–H groups in total. The summed E-state index contributed by atoms with van der Waals surface area (Å²) in [5, 5.41) is 26.4. The Kier molecular flexibility index (Phi) is 9.39. The summed E-state index contributed by atoms with van der Waals surface area (Å²) in [4.78, 5) is 44.6. The van der Waals surface area contributed by atoms with E-state index >= 15 is 8.78 Å². The number of carbonyl (C=O) groups is 1. The van der Waals surface area contributed by atoms with Crippen LogP contribution in [0.2, 0.25) is 0 Å². The van der Waals surface area contributed by atoms with Gasteiger partial charge < -0.3 is 54.1 Å². The standard InChI is InChI=1S/C25H31F2N5O13P2/c1-4-14-30-21(28)16-22(31-14)32(9-29-16)23-19(35)18(34)13(45-23)8-44-47(39,40)25(26,27)46(37,38)43-6-5-11-17(33)15-12(7-42-24(15)36)10(2)20(11)41-3/h9,13,18-19,23,33-35H,4-8H2,1-3H3,(H,37,38)(H,39,40)(H2,28,30,31)/t13-,18-,19-,23-/m1/s1. The van der Waals surface area contributed by atoms with Crippen LogP contribution in [0, 0.1) is 6.92 Å². The summed E-state index contributed by atoms with van der Waals surface area (Å²) in [7, 11) is -11.4. The Hall–Kier alpha value is -3.32. The molecule has 0 bridgehead atoms. The molecule has 6 atom stereocenters. The first-order valence-corrected chi connectivity index (χ1v) is 17.0. The van der Waals surface area contributed by atoms with Gasteiger partial charge in [0.15, 0.2) is 17.7 Å². The van der Waals surface area contributed by atoms with Crippen molar-refractivity contribution in [3.63, 3.8) is 0 Å². The zero-order valence-electron chi connectivity index (χ0n) is 24.9. The van der Waals surface area contributed by atoms with Gasteiger partial charge in [0.05, 0.1) is 26.7 Å². The van der Waals surface area contributed by atoms with Crippen LogP contribution in [0.25, 0.3) is 11.2 Å². The Bertz CT molecular complexity index is 1830. The maximum absolute atomic E-state index is 15.1. The van der Waals surface area contributed by atoms with Gasteiger partial charge in [-0.2, -0.15) is 8.78 Å². The van der Waals surface area contributed by atoms with Crippen LogP contribution in [0.1, 0.15) is 46.0 Å². The number of ether oxygens (including phenoxy) is 3. The number of hydrogen-bond acceptors (Lipinski definition) is 15. The zero-order chi connectivity index (χ0) is 34.6. The number of phenols is 1. The number of halogens is 2. The molecule has 0 amide bonds. The number of alkyl halides is 2. The van der Waals surface area contributed by atoms with Gasteiger partial charge in [-0.1, -0.05) is 6.92 Å². The molecule has 0 spiro atoms. The number of aryl methyl sites for hydroxylation is 1. The van der Waals surface area contributed by atoms with Crippen LogP contribution in [0.4, 0.5) is 14.6 Å². The van der Waals surface area contributed by atoms with E-state index in [0.29, 0.717) is 23.4 Å². The number of phenolic OH excluding ortho intramolecular Hbond substituents is 1. The van der Waals surface area contributed by atoms with Crippen molar-refractivity contribution in [1.82, 2.24) is 19.5 Å². The normalized spacial score (nSPS) is 23.8. The van der Waals surface area contributed by atoms with E-state index < -0.39 is 76.5 Å². The van der Waals surface area contributed by atoms with Crippen molar-refractivity contribution < 1.29 is 71.1 Å². The number of hydrogen-bond donors (Lipinski definition) is 6. The number of imidazole rings is 1. The molecule has 0 aliphatic carbocycles. The molecule has 258 valence electrons. The van der Waals surface area contributed by atoms with Crippen LogP contribution in [0.5, 0.6) is 11.5 Å². The molecule has 2 aromatic heterocycles. The SMILES string of the molecule is CCc1nc(N)c2ncn([C@@H]3O[C@H](COP(=O)(O)C(F)(F)P(=O)(O)OCCc4c(O)c5c(c(C)c4OC)COC5=O)[C@@H](O)[C@H]3O)c2n1. The van der Waals surface area contributed by atoms with Gasteiger partial charge in [-0.15, -0.1) is 0 Å². The van der Waals surface area contributed by atoms with Gasteiger partial charge >= 0.3 is 26.6 Å². The van der Waals surface area contributed by atoms with E-state index in [-0.39, 0.29) is 40.5 Å². The summed E-state index contributed by atoms with van der Waals surface area (Å²) in [6, 6.07) is 0. The van der Waals surface area contributed by atoms with Crippen molar-refractivity contribution in [1.29, 1.82) is 0 Å². The summed E-state index contributed by atoms with van der Waals surface area (Å²) >= 11 is 0.